The standard InChI is InChI=1S/C26H42NO2/c1-24-16-18(17-27(4)13-5-6-14-27)23(28)15-19(24)7-8-20-21(24)9-11-25(2)22(20)10-12-26(25,3)29/h15,18,20-22,29H,5-14,16-17H2,1-4H3/q+1. The Hall–Kier alpha value is -0.670. The molecule has 0 bridgehead atoms. The van der Waals surface area contributed by atoms with Crippen molar-refractivity contribution in [1.82, 2.24) is 0 Å². The molecular formula is C26H42NO2+. The Morgan fingerprint density at radius 1 is 1.07 bits per heavy atom. The third-order valence-corrected chi connectivity index (χ3v) is 11.0. The molecule has 162 valence electrons. The lowest BCUT2D eigenvalue weighted by atomic mass is 9.46. The van der Waals surface area contributed by atoms with Crippen LogP contribution in [0.2, 0.25) is 0 Å². The van der Waals surface area contributed by atoms with E-state index in [1.165, 1.54) is 50.8 Å². The van der Waals surface area contributed by atoms with Crippen molar-refractivity contribution in [2.75, 3.05) is 26.7 Å². The fourth-order valence-electron chi connectivity index (χ4n) is 8.96. The van der Waals surface area contributed by atoms with Gasteiger partial charge in [-0.05, 0) is 86.5 Å². The first-order chi connectivity index (χ1) is 13.6. The summed E-state index contributed by atoms with van der Waals surface area (Å²) < 4.78 is 1.10. The van der Waals surface area contributed by atoms with E-state index in [4.69, 9.17) is 0 Å². The molecule has 1 aliphatic heterocycles. The predicted molar refractivity (Wildman–Crippen MR) is 116 cm³/mol. The Labute approximate surface area is 177 Å². The normalized spacial score (nSPS) is 51.2. The first-order valence-electron chi connectivity index (χ1n) is 12.4. The first kappa shape index (κ1) is 20.2. The van der Waals surface area contributed by atoms with Crippen molar-refractivity contribution in [2.24, 2.45) is 34.5 Å². The summed E-state index contributed by atoms with van der Waals surface area (Å²) in [4.78, 5) is 13.1. The molecule has 5 aliphatic rings. The van der Waals surface area contributed by atoms with Gasteiger partial charge in [-0.2, -0.15) is 0 Å². The molecule has 1 heterocycles. The van der Waals surface area contributed by atoms with Gasteiger partial charge < -0.3 is 9.59 Å². The Morgan fingerprint density at radius 3 is 2.48 bits per heavy atom. The lowest BCUT2D eigenvalue weighted by Gasteiger charge is -2.59. The highest BCUT2D eigenvalue weighted by molar-refractivity contribution is 5.93. The monoisotopic (exact) mass is 400 g/mol. The van der Waals surface area contributed by atoms with Gasteiger partial charge in [-0.15, -0.1) is 0 Å². The second-order valence-corrected chi connectivity index (χ2v) is 12.5. The molecule has 3 saturated carbocycles. The molecule has 29 heavy (non-hydrogen) atoms. The highest BCUT2D eigenvalue weighted by Gasteiger charge is 2.63. The molecule has 7 unspecified atom stereocenters. The van der Waals surface area contributed by atoms with E-state index in [0.717, 1.165) is 42.6 Å². The van der Waals surface area contributed by atoms with Gasteiger partial charge in [-0.25, -0.2) is 0 Å². The molecule has 5 rings (SSSR count). The molecule has 4 aliphatic carbocycles. The van der Waals surface area contributed by atoms with Gasteiger partial charge in [0.25, 0.3) is 0 Å². The molecule has 3 heteroatoms. The predicted octanol–water partition coefficient (Wildman–Crippen LogP) is 4.74. The number of aliphatic hydroxyl groups is 1. The van der Waals surface area contributed by atoms with Gasteiger partial charge in [-0.1, -0.05) is 19.4 Å². The maximum Gasteiger partial charge on any atom is 0.164 e. The van der Waals surface area contributed by atoms with E-state index >= 15 is 0 Å². The second kappa shape index (κ2) is 6.42. The average Bonchev–Trinajstić information content (AvgIpc) is 3.17. The molecule has 0 aromatic rings. The van der Waals surface area contributed by atoms with Gasteiger partial charge in [-0.3, -0.25) is 4.79 Å². The van der Waals surface area contributed by atoms with Crippen molar-refractivity contribution in [2.45, 2.75) is 84.2 Å². The summed E-state index contributed by atoms with van der Waals surface area (Å²) in [5, 5.41) is 11.1. The zero-order valence-corrected chi connectivity index (χ0v) is 19.2. The van der Waals surface area contributed by atoms with Gasteiger partial charge in [0, 0.05) is 12.8 Å². The van der Waals surface area contributed by atoms with E-state index in [0.29, 0.717) is 17.6 Å². The minimum atomic E-state index is -0.501. The molecule has 0 spiro atoms. The van der Waals surface area contributed by atoms with Crippen LogP contribution >= 0.6 is 0 Å². The molecule has 0 aromatic carbocycles. The minimum Gasteiger partial charge on any atom is -0.390 e. The lowest BCUT2D eigenvalue weighted by Crippen LogP contribution is -2.55. The van der Waals surface area contributed by atoms with E-state index in [1.807, 2.05) is 0 Å². The topological polar surface area (TPSA) is 37.3 Å². The molecule has 1 N–H and O–H groups in total. The molecule has 7 atom stereocenters. The van der Waals surface area contributed by atoms with E-state index in [9.17, 15) is 9.90 Å². The molecule has 0 amide bonds. The molecule has 1 saturated heterocycles. The maximum atomic E-state index is 13.1. The summed E-state index contributed by atoms with van der Waals surface area (Å²) in [6.45, 7) is 10.5. The van der Waals surface area contributed by atoms with Gasteiger partial charge in [0.2, 0.25) is 0 Å². The van der Waals surface area contributed by atoms with E-state index in [1.54, 1.807) is 0 Å². The Morgan fingerprint density at radius 2 is 1.76 bits per heavy atom. The largest absolute Gasteiger partial charge is 0.390 e. The fraction of sp³-hybridized carbons (Fsp3) is 0.885. The van der Waals surface area contributed by atoms with Crippen LogP contribution in [0.1, 0.15) is 78.6 Å². The summed E-state index contributed by atoms with van der Waals surface area (Å²) in [6.07, 6.45) is 12.7. The second-order valence-electron chi connectivity index (χ2n) is 12.5. The van der Waals surface area contributed by atoms with Crippen LogP contribution in [0, 0.1) is 34.5 Å². The van der Waals surface area contributed by atoms with E-state index in [2.05, 4.69) is 33.9 Å². The number of carbonyl (C=O) groups is 1. The molecular weight excluding hydrogens is 358 g/mol. The Kier molecular flexibility index (Phi) is 4.48. The van der Waals surface area contributed by atoms with Gasteiger partial charge in [0.15, 0.2) is 5.78 Å². The maximum absolute atomic E-state index is 13.1. The minimum absolute atomic E-state index is 0.0871. The quantitative estimate of drug-likeness (QED) is 0.680. The zero-order chi connectivity index (χ0) is 20.7. The summed E-state index contributed by atoms with van der Waals surface area (Å²) >= 11 is 0. The van der Waals surface area contributed by atoms with Crippen LogP contribution < -0.4 is 0 Å². The molecule has 4 fully saturated rings. The van der Waals surface area contributed by atoms with Crippen molar-refractivity contribution < 1.29 is 14.4 Å². The van der Waals surface area contributed by atoms with Gasteiger partial charge in [0.1, 0.15) is 0 Å². The van der Waals surface area contributed by atoms with Crippen LogP contribution in [0.4, 0.5) is 0 Å². The van der Waals surface area contributed by atoms with E-state index in [-0.39, 0.29) is 16.7 Å². The van der Waals surface area contributed by atoms with Crippen molar-refractivity contribution in [3.05, 3.63) is 11.6 Å². The van der Waals surface area contributed by atoms with Crippen LogP contribution in [0.5, 0.6) is 0 Å². The summed E-state index contributed by atoms with van der Waals surface area (Å²) in [5.41, 5.74) is 1.26. The number of ketones is 1. The van der Waals surface area contributed by atoms with Crippen LogP contribution in [0.25, 0.3) is 0 Å². The number of hydrogen-bond donors (Lipinski definition) is 1. The van der Waals surface area contributed by atoms with E-state index < -0.39 is 5.60 Å². The number of likely N-dealkylation sites (tertiary alicyclic amines) is 1. The Balaban J connectivity index is 1.42. The van der Waals surface area contributed by atoms with Crippen molar-refractivity contribution in [3.8, 4) is 0 Å². The van der Waals surface area contributed by atoms with Crippen molar-refractivity contribution >= 4 is 5.78 Å². The zero-order valence-electron chi connectivity index (χ0n) is 19.2. The number of carbonyl (C=O) groups excluding carboxylic acids is 1. The van der Waals surface area contributed by atoms with Gasteiger partial charge >= 0.3 is 0 Å². The van der Waals surface area contributed by atoms with Crippen LogP contribution in [-0.2, 0) is 4.79 Å². The number of rotatable bonds is 2. The highest BCUT2D eigenvalue weighted by Crippen LogP contribution is 2.67. The SMILES string of the molecule is CC12CC(C[N+]3(C)CCCC3)C(=O)C=C1CCC1C2CCC2(C)C1CCC2(C)O. The average molecular weight is 401 g/mol. The number of hydrogen-bond acceptors (Lipinski definition) is 2. The smallest absolute Gasteiger partial charge is 0.164 e. The third-order valence-electron chi connectivity index (χ3n) is 11.0. The molecule has 0 radical (unpaired) electrons. The number of fused-ring (bicyclic) bond motifs is 5. The van der Waals surface area contributed by atoms with Crippen molar-refractivity contribution in [3.63, 3.8) is 0 Å². The number of allylic oxidation sites excluding steroid dienone is 1. The van der Waals surface area contributed by atoms with Gasteiger partial charge in [0.05, 0.1) is 38.2 Å². The lowest BCUT2D eigenvalue weighted by molar-refractivity contribution is -0.900. The summed E-state index contributed by atoms with van der Waals surface area (Å²) in [5.74, 6) is 2.73. The van der Waals surface area contributed by atoms with Crippen LogP contribution in [0.3, 0.4) is 0 Å². The fourth-order valence-corrected chi connectivity index (χ4v) is 8.96. The first-order valence-corrected chi connectivity index (χ1v) is 12.4. The molecule has 0 aromatic heterocycles. The Bertz CT molecular complexity index is 733. The molecule has 3 nitrogen and oxygen atoms in total. The highest BCUT2D eigenvalue weighted by atomic mass is 16.3. The summed E-state index contributed by atoms with van der Waals surface area (Å²) in [6, 6.07) is 0. The number of quaternary nitrogens is 1. The van der Waals surface area contributed by atoms with Crippen LogP contribution in [-0.4, -0.2) is 47.7 Å². The third kappa shape index (κ3) is 2.86. The van der Waals surface area contributed by atoms with Crippen molar-refractivity contribution in [1.29, 1.82) is 0 Å². The summed E-state index contributed by atoms with van der Waals surface area (Å²) in [7, 11) is 2.37. The number of nitrogens with zero attached hydrogens (tertiary/aromatic N) is 1. The van der Waals surface area contributed by atoms with Crippen LogP contribution in [0.15, 0.2) is 11.6 Å².